The molecule has 1 fully saturated rings. The van der Waals surface area contributed by atoms with E-state index in [1.165, 1.54) is 15.6 Å². The molecule has 0 radical (unpaired) electrons. The van der Waals surface area contributed by atoms with Crippen molar-refractivity contribution in [2.24, 2.45) is 0 Å². The monoisotopic (exact) mass is 439 g/mol. The quantitative estimate of drug-likeness (QED) is 0.615. The molecule has 2 aromatic heterocycles. The number of nitrogens with zero attached hydrogens (tertiary/aromatic N) is 3. The number of aromatic nitrogens is 1. The number of hydrogen-bond acceptors (Lipinski definition) is 7. The smallest absolute Gasteiger partial charge is 0.248 e. The van der Waals surface area contributed by atoms with Crippen LogP contribution in [0.25, 0.3) is 0 Å². The molecular weight excluding hydrogens is 414 g/mol. The highest BCUT2D eigenvalue weighted by atomic mass is 32.2. The molecule has 0 unspecified atom stereocenters. The van der Waals surface area contributed by atoms with E-state index in [9.17, 15) is 18.0 Å². The van der Waals surface area contributed by atoms with Crippen LogP contribution in [0, 0.1) is 13.8 Å². The standard InChI is InChI=1S/C19H25N3O5S2/c1-14-19(15(2)27-20-14)29(25,26)22-10-5-9-21(11-12-22)18(24)8-3-6-16(23)17-7-4-13-28-17/h4,7,13H,3,5-6,8-12H2,1-2H3. The number of sulfonamides is 1. The second kappa shape index (κ2) is 9.19. The number of amides is 1. The third-order valence-electron chi connectivity index (χ3n) is 4.96. The Balaban J connectivity index is 1.54. The minimum Gasteiger partial charge on any atom is -0.360 e. The average Bonchev–Trinajstić information content (AvgIpc) is 3.24. The summed E-state index contributed by atoms with van der Waals surface area (Å²) < 4.78 is 32.3. The Morgan fingerprint density at radius 3 is 2.62 bits per heavy atom. The fourth-order valence-corrected chi connectivity index (χ4v) is 5.93. The molecule has 1 saturated heterocycles. The van der Waals surface area contributed by atoms with E-state index < -0.39 is 10.0 Å². The molecular formula is C19H25N3O5S2. The van der Waals surface area contributed by atoms with Crippen molar-refractivity contribution >= 4 is 33.1 Å². The topological polar surface area (TPSA) is 101 Å². The number of ketones is 1. The van der Waals surface area contributed by atoms with E-state index in [1.54, 1.807) is 24.8 Å². The Hall–Kier alpha value is -2.04. The van der Waals surface area contributed by atoms with Crippen molar-refractivity contribution < 1.29 is 22.5 Å². The predicted octanol–water partition coefficient (Wildman–Crippen LogP) is 2.63. The summed E-state index contributed by atoms with van der Waals surface area (Å²) in [4.78, 5) is 27.1. The van der Waals surface area contributed by atoms with Gasteiger partial charge in [0.15, 0.2) is 11.5 Å². The van der Waals surface area contributed by atoms with Crippen LogP contribution in [-0.4, -0.2) is 60.6 Å². The Bertz CT molecular complexity index is 947. The van der Waals surface area contributed by atoms with Gasteiger partial charge in [0.1, 0.15) is 10.6 Å². The van der Waals surface area contributed by atoms with Crippen molar-refractivity contribution in [3.63, 3.8) is 0 Å². The van der Waals surface area contributed by atoms with E-state index in [2.05, 4.69) is 5.16 Å². The molecule has 3 rings (SSSR count). The van der Waals surface area contributed by atoms with Crippen molar-refractivity contribution in [1.82, 2.24) is 14.4 Å². The van der Waals surface area contributed by atoms with Crippen LogP contribution in [0.2, 0.25) is 0 Å². The molecule has 1 aliphatic rings. The van der Waals surface area contributed by atoms with Gasteiger partial charge in [-0.2, -0.15) is 4.31 Å². The van der Waals surface area contributed by atoms with Gasteiger partial charge >= 0.3 is 0 Å². The maximum atomic E-state index is 13.0. The van der Waals surface area contributed by atoms with Crippen LogP contribution in [0.1, 0.15) is 46.8 Å². The summed E-state index contributed by atoms with van der Waals surface area (Å²) in [5.74, 6) is 0.288. The van der Waals surface area contributed by atoms with Gasteiger partial charge in [0.2, 0.25) is 15.9 Å². The first-order valence-corrected chi connectivity index (χ1v) is 11.9. The predicted molar refractivity (Wildman–Crippen MR) is 108 cm³/mol. The molecule has 1 amide bonds. The molecule has 10 heteroatoms. The van der Waals surface area contributed by atoms with Crippen LogP contribution in [0.4, 0.5) is 0 Å². The third-order valence-corrected chi connectivity index (χ3v) is 8.02. The number of thiophene rings is 1. The number of aryl methyl sites for hydroxylation is 2. The normalized spacial score (nSPS) is 16.0. The van der Waals surface area contributed by atoms with Crippen LogP contribution >= 0.6 is 11.3 Å². The first kappa shape index (κ1) is 21.7. The lowest BCUT2D eigenvalue weighted by Crippen LogP contribution is -2.37. The van der Waals surface area contributed by atoms with Gasteiger partial charge in [-0.15, -0.1) is 11.3 Å². The highest BCUT2D eigenvalue weighted by molar-refractivity contribution is 7.89. The van der Waals surface area contributed by atoms with Gasteiger partial charge in [0, 0.05) is 39.0 Å². The lowest BCUT2D eigenvalue weighted by atomic mass is 10.1. The third kappa shape index (κ3) is 4.93. The summed E-state index contributed by atoms with van der Waals surface area (Å²) in [5, 5.41) is 5.60. The van der Waals surface area contributed by atoms with Crippen molar-refractivity contribution in [1.29, 1.82) is 0 Å². The van der Waals surface area contributed by atoms with Crippen molar-refractivity contribution in [3.05, 3.63) is 33.8 Å². The van der Waals surface area contributed by atoms with Crippen LogP contribution in [0.15, 0.2) is 26.9 Å². The zero-order chi connectivity index (χ0) is 21.0. The summed E-state index contributed by atoms with van der Waals surface area (Å²) >= 11 is 1.41. The maximum Gasteiger partial charge on any atom is 0.248 e. The minimum atomic E-state index is -3.71. The van der Waals surface area contributed by atoms with E-state index in [-0.39, 0.29) is 35.3 Å². The number of hydrogen-bond donors (Lipinski definition) is 0. The summed E-state index contributed by atoms with van der Waals surface area (Å²) in [7, 11) is -3.71. The first-order chi connectivity index (χ1) is 13.8. The first-order valence-electron chi connectivity index (χ1n) is 9.58. The van der Waals surface area contributed by atoms with Crippen molar-refractivity contribution in [3.8, 4) is 0 Å². The molecule has 0 bridgehead atoms. The van der Waals surface area contributed by atoms with Crippen molar-refractivity contribution in [2.75, 3.05) is 26.2 Å². The summed E-state index contributed by atoms with van der Waals surface area (Å²) in [6, 6.07) is 3.63. The lowest BCUT2D eigenvalue weighted by Gasteiger charge is -2.22. The molecule has 0 aliphatic carbocycles. The molecule has 3 heterocycles. The molecule has 1 aliphatic heterocycles. The van der Waals surface area contributed by atoms with E-state index in [0.717, 1.165) is 0 Å². The minimum absolute atomic E-state index is 0.0411. The number of carbonyl (C=O) groups excluding carboxylic acids is 2. The Morgan fingerprint density at radius 1 is 1.17 bits per heavy atom. The van der Waals surface area contributed by atoms with Gasteiger partial charge < -0.3 is 9.42 Å². The van der Waals surface area contributed by atoms with Gasteiger partial charge in [-0.1, -0.05) is 11.2 Å². The molecule has 0 spiro atoms. The molecule has 8 nitrogen and oxygen atoms in total. The zero-order valence-electron chi connectivity index (χ0n) is 16.6. The molecule has 158 valence electrons. The fourth-order valence-electron chi connectivity index (χ4n) is 3.47. The maximum absolute atomic E-state index is 13.0. The van der Waals surface area contributed by atoms with Gasteiger partial charge in [-0.3, -0.25) is 9.59 Å². The van der Waals surface area contributed by atoms with Crippen molar-refractivity contribution in [2.45, 2.75) is 44.4 Å². The molecule has 0 N–H and O–H groups in total. The molecule has 0 aromatic carbocycles. The zero-order valence-corrected chi connectivity index (χ0v) is 18.2. The van der Waals surface area contributed by atoms with E-state index in [4.69, 9.17) is 4.52 Å². The highest BCUT2D eigenvalue weighted by Crippen LogP contribution is 2.24. The average molecular weight is 440 g/mol. The SMILES string of the molecule is Cc1noc(C)c1S(=O)(=O)N1CCCN(C(=O)CCCC(=O)c2cccs2)CC1. The largest absolute Gasteiger partial charge is 0.360 e. The van der Waals surface area contributed by atoms with E-state index in [0.29, 0.717) is 49.5 Å². The Morgan fingerprint density at radius 2 is 1.97 bits per heavy atom. The summed E-state index contributed by atoms with van der Waals surface area (Å²) in [6.07, 6.45) is 1.68. The lowest BCUT2D eigenvalue weighted by molar-refractivity contribution is -0.131. The molecule has 2 aromatic rings. The van der Waals surface area contributed by atoms with Gasteiger partial charge in [0.05, 0.1) is 4.88 Å². The van der Waals surface area contributed by atoms with Crippen LogP contribution in [-0.2, 0) is 14.8 Å². The molecule has 29 heavy (non-hydrogen) atoms. The number of carbonyl (C=O) groups is 2. The molecule has 0 saturated carbocycles. The van der Waals surface area contributed by atoms with Crippen LogP contribution < -0.4 is 0 Å². The Labute approximate surface area is 174 Å². The van der Waals surface area contributed by atoms with Crippen LogP contribution in [0.5, 0.6) is 0 Å². The summed E-state index contributed by atoms with van der Waals surface area (Å²) in [6.45, 7) is 4.59. The van der Waals surface area contributed by atoms with Gasteiger partial charge in [-0.05, 0) is 38.1 Å². The second-order valence-electron chi connectivity index (χ2n) is 7.05. The van der Waals surface area contributed by atoms with Crippen LogP contribution in [0.3, 0.4) is 0 Å². The van der Waals surface area contributed by atoms with E-state index in [1.807, 2.05) is 11.4 Å². The second-order valence-corrected chi connectivity index (χ2v) is 9.87. The van der Waals surface area contributed by atoms with E-state index >= 15 is 0 Å². The summed E-state index contributed by atoms with van der Waals surface area (Å²) in [5.41, 5.74) is 0.343. The van der Waals surface area contributed by atoms with Gasteiger partial charge in [-0.25, -0.2) is 8.42 Å². The Kier molecular flexibility index (Phi) is 6.86. The highest BCUT2D eigenvalue weighted by Gasteiger charge is 2.32. The molecule has 0 atom stereocenters. The van der Waals surface area contributed by atoms with Gasteiger partial charge in [0.25, 0.3) is 0 Å². The number of Topliss-reactive ketones (excluding diaryl/α,β-unsaturated/α-hetero) is 1. The fraction of sp³-hybridized carbons (Fsp3) is 0.526. The number of rotatable bonds is 7.